The number of anilines is 1. The predicted octanol–water partition coefficient (Wildman–Crippen LogP) is 3.46. The molecule has 0 fully saturated rings. The van der Waals surface area contributed by atoms with Crippen LogP contribution in [0, 0.1) is 17.0 Å². The Morgan fingerprint density at radius 1 is 1.09 bits per heavy atom. The normalized spacial score (nSPS) is 13.1. The van der Waals surface area contributed by atoms with Crippen molar-refractivity contribution >= 4 is 21.5 Å². The summed E-state index contributed by atoms with van der Waals surface area (Å²) in [5.41, 5.74) is -9.16. The molecule has 0 aliphatic heterocycles. The number of ketones is 1. The first-order valence-corrected chi connectivity index (χ1v) is 7.28. The van der Waals surface area contributed by atoms with Gasteiger partial charge in [0.25, 0.3) is 0 Å². The molecule has 0 bridgehead atoms. The van der Waals surface area contributed by atoms with E-state index in [1.165, 1.54) is 20.8 Å². The monoisotopic (exact) mass is 345 g/mol. The van der Waals surface area contributed by atoms with Crippen molar-refractivity contribution in [3.05, 3.63) is 29.3 Å². The SMILES string of the molecule is CC(C)(C)C(=O)c1c(F)ccc(NS(=O)(=O)C(F)(F)F)c1F. The van der Waals surface area contributed by atoms with E-state index in [1.807, 2.05) is 0 Å². The standard InChI is InChI=1S/C12H12F5NO3S/c1-11(2,3)10(19)8-6(13)4-5-7(9(8)14)18-22(20,21)12(15,16)17/h4-5,18H,1-3H3. The molecule has 0 aromatic heterocycles. The highest BCUT2D eigenvalue weighted by Crippen LogP contribution is 2.31. The van der Waals surface area contributed by atoms with E-state index in [4.69, 9.17) is 0 Å². The van der Waals surface area contributed by atoms with Crippen LogP contribution in [0.4, 0.5) is 27.6 Å². The molecule has 1 aromatic carbocycles. The number of hydrogen-bond donors (Lipinski definition) is 1. The van der Waals surface area contributed by atoms with Gasteiger partial charge in [0.15, 0.2) is 11.6 Å². The third-order valence-electron chi connectivity index (χ3n) is 2.55. The zero-order chi connectivity index (χ0) is 17.5. The summed E-state index contributed by atoms with van der Waals surface area (Å²) in [5, 5.41) is 0. The first kappa shape index (κ1) is 18.3. The maximum Gasteiger partial charge on any atom is 0.516 e. The van der Waals surface area contributed by atoms with Crippen molar-refractivity contribution in [1.82, 2.24) is 0 Å². The number of sulfonamides is 1. The van der Waals surface area contributed by atoms with Gasteiger partial charge >= 0.3 is 15.5 Å². The van der Waals surface area contributed by atoms with Crippen LogP contribution in [0.5, 0.6) is 0 Å². The predicted molar refractivity (Wildman–Crippen MR) is 68.7 cm³/mol. The summed E-state index contributed by atoms with van der Waals surface area (Å²) < 4.78 is 87.4. The largest absolute Gasteiger partial charge is 0.516 e. The van der Waals surface area contributed by atoms with Gasteiger partial charge in [-0.2, -0.15) is 21.6 Å². The Bertz CT molecular complexity index is 705. The maximum atomic E-state index is 14.1. The van der Waals surface area contributed by atoms with Crippen molar-refractivity contribution in [2.75, 3.05) is 4.72 Å². The van der Waals surface area contributed by atoms with Gasteiger partial charge in [0.1, 0.15) is 5.82 Å². The summed E-state index contributed by atoms with van der Waals surface area (Å²) in [5.74, 6) is -4.02. The second kappa shape index (κ2) is 5.49. The second-order valence-electron chi connectivity index (χ2n) is 5.41. The summed E-state index contributed by atoms with van der Waals surface area (Å²) in [6.07, 6.45) is 0. The van der Waals surface area contributed by atoms with Crippen molar-refractivity contribution in [1.29, 1.82) is 0 Å². The Morgan fingerprint density at radius 3 is 2.00 bits per heavy atom. The van der Waals surface area contributed by atoms with E-state index < -0.39 is 49.6 Å². The topological polar surface area (TPSA) is 63.2 Å². The molecule has 10 heteroatoms. The highest BCUT2D eigenvalue weighted by Gasteiger charge is 2.46. The van der Waals surface area contributed by atoms with Crippen LogP contribution in [-0.4, -0.2) is 19.7 Å². The molecule has 0 radical (unpaired) electrons. The fourth-order valence-electron chi connectivity index (χ4n) is 1.42. The van der Waals surface area contributed by atoms with Crippen LogP contribution in [0.1, 0.15) is 31.1 Å². The Hall–Kier alpha value is -1.71. The average molecular weight is 345 g/mol. The van der Waals surface area contributed by atoms with E-state index in [-0.39, 0.29) is 0 Å². The van der Waals surface area contributed by atoms with Crippen molar-refractivity contribution in [3.63, 3.8) is 0 Å². The molecule has 0 amide bonds. The Kier molecular flexibility index (Phi) is 4.57. The van der Waals surface area contributed by atoms with Gasteiger partial charge in [-0.1, -0.05) is 20.8 Å². The van der Waals surface area contributed by atoms with E-state index in [0.717, 1.165) is 4.72 Å². The summed E-state index contributed by atoms with van der Waals surface area (Å²) in [6, 6.07) is 0.976. The molecule has 1 N–H and O–H groups in total. The molecule has 1 rings (SSSR count). The van der Waals surface area contributed by atoms with E-state index in [2.05, 4.69) is 0 Å². The van der Waals surface area contributed by atoms with Gasteiger partial charge in [-0.05, 0) is 12.1 Å². The minimum absolute atomic E-state index is 0.466. The molecule has 0 heterocycles. The molecule has 0 atom stereocenters. The van der Waals surface area contributed by atoms with E-state index >= 15 is 0 Å². The smallest absolute Gasteiger partial charge is 0.293 e. The number of alkyl halides is 3. The molecule has 0 saturated heterocycles. The third kappa shape index (κ3) is 3.54. The molecule has 0 saturated carbocycles. The van der Waals surface area contributed by atoms with Gasteiger partial charge in [0.2, 0.25) is 0 Å². The number of carbonyl (C=O) groups excluding carboxylic acids is 1. The lowest BCUT2D eigenvalue weighted by Gasteiger charge is -2.19. The van der Waals surface area contributed by atoms with Crippen LogP contribution in [-0.2, 0) is 10.0 Å². The van der Waals surface area contributed by atoms with Crippen LogP contribution in [0.2, 0.25) is 0 Å². The summed E-state index contributed by atoms with van der Waals surface area (Å²) in [4.78, 5) is 11.9. The molecule has 0 spiro atoms. The minimum atomic E-state index is -5.89. The molecule has 124 valence electrons. The van der Waals surface area contributed by atoms with Crippen molar-refractivity contribution in [3.8, 4) is 0 Å². The molecule has 4 nitrogen and oxygen atoms in total. The van der Waals surface area contributed by atoms with Gasteiger partial charge in [-0.15, -0.1) is 0 Å². The van der Waals surface area contributed by atoms with Gasteiger partial charge in [0.05, 0.1) is 11.3 Å². The lowest BCUT2D eigenvalue weighted by molar-refractivity contribution is -0.0429. The number of nitrogens with one attached hydrogen (secondary N) is 1. The number of hydrogen-bond acceptors (Lipinski definition) is 3. The molecule has 1 aromatic rings. The van der Waals surface area contributed by atoms with Crippen molar-refractivity contribution in [2.45, 2.75) is 26.3 Å². The first-order chi connectivity index (χ1) is 9.68. The maximum absolute atomic E-state index is 14.1. The lowest BCUT2D eigenvalue weighted by Crippen LogP contribution is -2.31. The van der Waals surface area contributed by atoms with Crippen LogP contribution in [0.15, 0.2) is 12.1 Å². The Morgan fingerprint density at radius 2 is 1.59 bits per heavy atom. The molecule has 0 unspecified atom stereocenters. The van der Waals surface area contributed by atoms with E-state index in [0.29, 0.717) is 12.1 Å². The lowest BCUT2D eigenvalue weighted by atomic mass is 9.86. The van der Waals surface area contributed by atoms with Crippen LogP contribution >= 0.6 is 0 Å². The Balaban J connectivity index is 3.42. The van der Waals surface area contributed by atoms with Crippen molar-refractivity contribution < 1.29 is 35.2 Å². The first-order valence-electron chi connectivity index (χ1n) is 5.80. The number of rotatable bonds is 3. The Labute approximate surface area is 123 Å². The van der Waals surface area contributed by atoms with Crippen LogP contribution in [0.3, 0.4) is 0 Å². The number of halogens is 5. The summed E-state index contributed by atoms with van der Waals surface area (Å²) in [6.45, 7) is 4.04. The van der Waals surface area contributed by atoms with Gasteiger partial charge < -0.3 is 0 Å². The highest BCUT2D eigenvalue weighted by atomic mass is 32.2. The molecule has 22 heavy (non-hydrogen) atoms. The van der Waals surface area contributed by atoms with Gasteiger partial charge in [-0.25, -0.2) is 8.78 Å². The fourth-order valence-corrected chi connectivity index (χ4v) is 1.98. The third-order valence-corrected chi connectivity index (χ3v) is 3.65. The molecule has 0 aliphatic carbocycles. The van der Waals surface area contributed by atoms with E-state index in [1.54, 1.807) is 0 Å². The molecule has 0 aliphatic rings. The fraction of sp³-hybridized carbons (Fsp3) is 0.417. The number of carbonyl (C=O) groups is 1. The highest BCUT2D eigenvalue weighted by molar-refractivity contribution is 7.93. The number of Topliss-reactive ketones (excluding diaryl/α,β-unsaturated/α-hetero) is 1. The average Bonchev–Trinajstić information content (AvgIpc) is 2.30. The molecular formula is C12H12F5NO3S. The molecular weight excluding hydrogens is 333 g/mol. The van der Waals surface area contributed by atoms with Gasteiger partial charge in [-0.3, -0.25) is 9.52 Å². The van der Waals surface area contributed by atoms with E-state index in [9.17, 15) is 35.2 Å². The van der Waals surface area contributed by atoms with Gasteiger partial charge in [0, 0.05) is 5.41 Å². The zero-order valence-electron chi connectivity index (χ0n) is 11.7. The number of benzene rings is 1. The quantitative estimate of drug-likeness (QED) is 0.674. The van der Waals surface area contributed by atoms with Crippen molar-refractivity contribution in [2.24, 2.45) is 5.41 Å². The minimum Gasteiger partial charge on any atom is -0.293 e. The summed E-state index contributed by atoms with van der Waals surface area (Å²) in [7, 11) is -5.89. The second-order valence-corrected chi connectivity index (χ2v) is 7.09. The van der Waals surface area contributed by atoms with Crippen LogP contribution < -0.4 is 4.72 Å². The zero-order valence-corrected chi connectivity index (χ0v) is 12.5. The van der Waals surface area contributed by atoms with Crippen LogP contribution in [0.25, 0.3) is 0 Å². The summed E-state index contributed by atoms with van der Waals surface area (Å²) >= 11 is 0.